The molecule has 1 amide bonds. The predicted octanol–water partition coefficient (Wildman–Crippen LogP) is 0.395. The number of pyridine rings is 1. The van der Waals surface area contributed by atoms with Crippen molar-refractivity contribution in [2.24, 2.45) is 5.73 Å². The molecule has 0 radical (unpaired) electrons. The highest BCUT2D eigenvalue weighted by Crippen LogP contribution is 2.37. The molecule has 5 rings (SSSR count). The maximum atomic E-state index is 15.1. The molecule has 3 heterocycles. The summed E-state index contributed by atoms with van der Waals surface area (Å²) in [4.78, 5) is 28.0. The van der Waals surface area contributed by atoms with Crippen molar-refractivity contribution < 1.29 is 23.4 Å². The number of hydrogen-bond donors (Lipinski definition) is 3. The third-order valence-electron chi connectivity index (χ3n) is 7.05. The van der Waals surface area contributed by atoms with Gasteiger partial charge in [0.15, 0.2) is 17.5 Å². The van der Waals surface area contributed by atoms with Gasteiger partial charge in [-0.3, -0.25) is 9.78 Å². The molecule has 4 N–H and O–H groups in total. The molecule has 1 aliphatic heterocycles. The first-order valence-corrected chi connectivity index (χ1v) is 13.9. The van der Waals surface area contributed by atoms with Gasteiger partial charge in [-0.15, -0.1) is 0 Å². The van der Waals surface area contributed by atoms with Crippen LogP contribution in [0, 0.1) is 23.0 Å². The lowest BCUT2D eigenvalue weighted by Crippen LogP contribution is -2.37. The number of nitrogens with one attached hydrogen (secondary N) is 1. The number of rotatable bonds is 8. The Balaban J connectivity index is 1.54. The fourth-order valence-corrected chi connectivity index (χ4v) is 5.13. The lowest BCUT2D eigenvalue weighted by molar-refractivity contribution is 0.102. The highest BCUT2D eigenvalue weighted by atomic mass is 19.2. The number of benzene rings is 2. The molecule has 220 valence electrons. The number of anilines is 2. The topological polar surface area (TPSA) is 150 Å². The Hall–Kier alpha value is -4.80. The molecular formula is C29H28B3F2N7O3. The number of carbonyl (C=O) groups is 1. The van der Waals surface area contributed by atoms with Gasteiger partial charge in [0.05, 0.1) is 41.2 Å². The number of aromatic nitrogens is 3. The predicted molar refractivity (Wildman–Crippen MR) is 170 cm³/mol. The number of aliphatic hydroxyl groups excluding tert-OH is 1. The van der Waals surface area contributed by atoms with Crippen LogP contribution in [0.25, 0.3) is 22.5 Å². The normalized spacial score (nSPS) is 16.4. The summed E-state index contributed by atoms with van der Waals surface area (Å²) in [5, 5.41) is 21.8. The number of hydrogen-bond acceptors (Lipinski definition) is 9. The largest absolute Gasteiger partial charge is 0.513 e. The number of carbonyl (C=O) groups excluding carboxylic acids is 1. The zero-order valence-corrected chi connectivity index (χ0v) is 24.4. The van der Waals surface area contributed by atoms with Crippen LogP contribution in [0.1, 0.15) is 22.5 Å². The van der Waals surface area contributed by atoms with Gasteiger partial charge < -0.3 is 25.8 Å². The second-order valence-corrected chi connectivity index (χ2v) is 11.4. The molecular weight excluding hydrogens is 565 g/mol. The molecule has 1 saturated heterocycles. The highest BCUT2D eigenvalue weighted by molar-refractivity contribution is 6.58. The van der Waals surface area contributed by atoms with Gasteiger partial charge in [0.25, 0.3) is 5.91 Å². The van der Waals surface area contributed by atoms with Crippen molar-refractivity contribution in [3.63, 3.8) is 0 Å². The fourth-order valence-electron chi connectivity index (χ4n) is 5.13. The van der Waals surface area contributed by atoms with Crippen LogP contribution in [-0.4, -0.2) is 80.0 Å². The van der Waals surface area contributed by atoms with E-state index >= 15 is 4.39 Å². The fraction of sp³-hybridized carbons (Fsp3) is 0.207. The first-order valence-electron chi connectivity index (χ1n) is 13.9. The molecule has 1 fully saturated rings. The van der Waals surface area contributed by atoms with Gasteiger partial charge in [-0.1, -0.05) is 6.07 Å². The summed E-state index contributed by atoms with van der Waals surface area (Å²) in [5.41, 5.74) is 8.49. The molecule has 4 aromatic rings. The van der Waals surface area contributed by atoms with E-state index in [-0.39, 0.29) is 41.5 Å². The zero-order valence-electron chi connectivity index (χ0n) is 24.4. The van der Waals surface area contributed by atoms with Gasteiger partial charge in [-0.25, -0.2) is 18.7 Å². The number of ether oxygens (including phenoxy) is 1. The molecule has 0 unspecified atom stereocenters. The SMILES string of the molecule is BC(B)(B)Oc1ccc(F)c(F)c1-c1nccc(C(=O)Nc2ccc(-c3cnccc3C#N)cc2N2C[C@@H](N)C[C@H]2CO)n1. The number of nitrogens with zero attached hydrogens (tertiary/aromatic N) is 5. The minimum absolute atomic E-state index is 0.0272. The van der Waals surface area contributed by atoms with Crippen LogP contribution < -0.4 is 20.7 Å². The molecule has 10 nitrogen and oxygen atoms in total. The first-order chi connectivity index (χ1) is 21.0. The van der Waals surface area contributed by atoms with Crippen LogP contribution in [0.2, 0.25) is 0 Å². The average molecular weight is 593 g/mol. The molecule has 0 spiro atoms. The van der Waals surface area contributed by atoms with Crippen molar-refractivity contribution in [1.29, 1.82) is 5.26 Å². The summed E-state index contributed by atoms with van der Waals surface area (Å²) in [6.45, 7) is 0.262. The second-order valence-electron chi connectivity index (χ2n) is 11.4. The first kappa shape index (κ1) is 30.7. The summed E-state index contributed by atoms with van der Waals surface area (Å²) in [6, 6.07) is 12.1. The highest BCUT2D eigenvalue weighted by Gasteiger charge is 2.32. The Morgan fingerprint density at radius 3 is 2.73 bits per heavy atom. The molecule has 0 aliphatic carbocycles. The van der Waals surface area contributed by atoms with E-state index in [9.17, 15) is 19.6 Å². The van der Waals surface area contributed by atoms with E-state index in [1.165, 1.54) is 24.5 Å². The number of halogens is 2. The molecule has 0 bridgehead atoms. The summed E-state index contributed by atoms with van der Waals surface area (Å²) >= 11 is 0. The summed E-state index contributed by atoms with van der Waals surface area (Å²) in [5.74, 6) is -3.15. The monoisotopic (exact) mass is 593 g/mol. The number of aliphatic hydroxyl groups is 1. The quantitative estimate of drug-likeness (QED) is 0.247. The summed E-state index contributed by atoms with van der Waals surface area (Å²) < 4.78 is 35.2. The van der Waals surface area contributed by atoms with Crippen molar-refractivity contribution in [3.8, 4) is 34.3 Å². The van der Waals surface area contributed by atoms with Crippen LogP contribution >= 0.6 is 0 Å². The summed E-state index contributed by atoms with van der Waals surface area (Å²) in [7, 11) is 5.28. The van der Waals surface area contributed by atoms with E-state index in [0.29, 0.717) is 41.0 Å². The molecule has 2 atom stereocenters. The smallest absolute Gasteiger partial charge is 0.274 e. The lowest BCUT2D eigenvalue weighted by atomic mass is 9.52. The summed E-state index contributed by atoms with van der Waals surface area (Å²) in [6.07, 6.45) is 4.93. The van der Waals surface area contributed by atoms with Crippen LogP contribution in [0.4, 0.5) is 20.2 Å². The van der Waals surface area contributed by atoms with Crippen molar-refractivity contribution in [1.82, 2.24) is 15.0 Å². The van der Waals surface area contributed by atoms with E-state index in [4.69, 9.17) is 10.5 Å². The lowest BCUT2D eigenvalue weighted by Gasteiger charge is -2.28. The number of nitriles is 1. The van der Waals surface area contributed by atoms with Crippen molar-refractivity contribution in [2.45, 2.75) is 23.8 Å². The maximum Gasteiger partial charge on any atom is 0.274 e. The van der Waals surface area contributed by atoms with E-state index in [0.717, 1.165) is 6.07 Å². The van der Waals surface area contributed by atoms with Gasteiger partial charge in [0.1, 0.15) is 35.0 Å². The maximum absolute atomic E-state index is 15.1. The van der Waals surface area contributed by atoms with Crippen LogP contribution in [-0.2, 0) is 0 Å². The van der Waals surface area contributed by atoms with Gasteiger partial charge in [0, 0.05) is 42.0 Å². The average Bonchev–Trinajstić information content (AvgIpc) is 3.39. The van der Waals surface area contributed by atoms with Crippen LogP contribution in [0.5, 0.6) is 5.75 Å². The van der Waals surface area contributed by atoms with E-state index in [2.05, 4.69) is 26.3 Å². The molecule has 1 aliphatic rings. The molecule has 0 saturated carbocycles. The van der Waals surface area contributed by atoms with Crippen molar-refractivity contribution in [2.75, 3.05) is 23.4 Å². The third kappa shape index (κ3) is 6.41. The van der Waals surface area contributed by atoms with E-state index in [1.54, 1.807) is 54.0 Å². The molecule has 44 heavy (non-hydrogen) atoms. The van der Waals surface area contributed by atoms with Gasteiger partial charge in [-0.2, -0.15) is 5.26 Å². The number of nitrogens with two attached hydrogens (primary N) is 1. The third-order valence-corrected chi connectivity index (χ3v) is 7.05. The standard InChI is InChI=1S/C29H28B3F2N7O3/c30-29(31,32)44-24-4-2-20(33)26(34)25(24)27-38-8-6-22(39-27)28(43)40-21-3-1-15(19-12-37-7-5-16(19)11-35)9-23(21)41-13-17(36)10-18(41)14-42/h1-9,12,17-18,42H,10,13-14,30-32,36H2,(H,40,43)/t17-,18-/m0/s1. The Morgan fingerprint density at radius 2 is 2.00 bits per heavy atom. The minimum atomic E-state index is -1.20. The van der Waals surface area contributed by atoms with Crippen LogP contribution in [0.3, 0.4) is 0 Å². The Morgan fingerprint density at radius 1 is 1.20 bits per heavy atom. The molecule has 2 aromatic carbocycles. The van der Waals surface area contributed by atoms with Gasteiger partial charge >= 0.3 is 0 Å². The van der Waals surface area contributed by atoms with Crippen molar-refractivity contribution >= 4 is 40.8 Å². The Bertz CT molecular complexity index is 1770. The Kier molecular flexibility index (Phi) is 8.67. The molecule has 2 aromatic heterocycles. The van der Waals surface area contributed by atoms with Crippen molar-refractivity contribution in [3.05, 3.63) is 83.9 Å². The van der Waals surface area contributed by atoms with E-state index in [1.807, 2.05) is 4.90 Å². The number of amides is 1. The van der Waals surface area contributed by atoms with Gasteiger partial charge in [-0.05, 0) is 48.4 Å². The van der Waals surface area contributed by atoms with Crippen LogP contribution in [0.15, 0.2) is 61.1 Å². The van der Waals surface area contributed by atoms with Gasteiger partial charge in [0.2, 0.25) is 0 Å². The zero-order chi connectivity index (χ0) is 31.6. The minimum Gasteiger partial charge on any atom is -0.513 e. The Labute approximate surface area is 255 Å². The molecule has 15 heteroatoms. The van der Waals surface area contributed by atoms with E-state index < -0.39 is 22.8 Å². The second kappa shape index (κ2) is 12.4.